The molecule has 4 rings (SSSR count). The normalized spacial score (nSPS) is 41.7. The second kappa shape index (κ2) is 11.4. The van der Waals surface area contributed by atoms with Gasteiger partial charge in [0.2, 0.25) is 0 Å². The summed E-state index contributed by atoms with van der Waals surface area (Å²) < 4.78 is 22.8. The molecule has 8 nitrogen and oxygen atoms in total. The van der Waals surface area contributed by atoms with Crippen LogP contribution in [0.1, 0.15) is 99.3 Å². The molecule has 0 aromatic carbocycles. The molecular formula is C31H48O8. The van der Waals surface area contributed by atoms with Gasteiger partial charge in [0.25, 0.3) is 0 Å². The second-order valence-electron chi connectivity index (χ2n) is 13.4. The molecule has 0 N–H and O–H groups in total. The van der Waals surface area contributed by atoms with Crippen LogP contribution in [-0.2, 0) is 38.1 Å². The fraction of sp³-hybridized carbons (Fsp3) is 0.871. The van der Waals surface area contributed by atoms with Gasteiger partial charge < -0.3 is 18.9 Å². The van der Waals surface area contributed by atoms with Gasteiger partial charge in [-0.15, -0.1) is 0 Å². The third kappa shape index (κ3) is 5.58. The molecule has 8 heteroatoms. The van der Waals surface area contributed by atoms with Crippen LogP contribution in [0.3, 0.4) is 0 Å². The van der Waals surface area contributed by atoms with Gasteiger partial charge in [-0.05, 0) is 86.4 Å². The number of esters is 4. The van der Waals surface area contributed by atoms with E-state index < -0.39 is 0 Å². The predicted octanol–water partition coefficient (Wildman–Crippen LogP) is 5.25. The summed E-state index contributed by atoms with van der Waals surface area (Å²) in [6, 6.07) is 0. The van der Waals surface area contributed by atoms with Gasteiger partial charge >= 0.3 is 23.9 Å². The first-order valence-corrected chi connectivity index (χ1v) is 14.9. The van der Waals surface area contributed by atoms with Crippen molar-refractivity contribution >= 4 is 23.9 Å². The van der Waals surface area contributed by atoms with Crippen LogP contribution >= 0.6 is 0 Å². The molecule has 0 heterocycles. The number of hydrogen-bond acceptors (Lipinski definition) is 8. The summed E-state index contributed by atoms with van der Waals surface area (Å²) in [5.74, 6) is 0.438. The first-order chi connectivity index (χ1) is 18.3. The molecule has 7 unspecified atom stereocenters. The van der Waals surface area contributed by atoms with Crippen molar-refractivity contribution in [3.8, 4) is 0 Å². The Kier molecular flexibility index (Phi) is 8.73. The van der Waals surface area contributed by atoms with E-state index in [0.29, 0.717) is 6.42 Å². The number of carbonyl (C=O) groups excluding carboxylic acids is 4. The highest BCUT2D eigenvalue weighted by Gasteiger charge is 2.67. The zero-order valence-electron chi connectivity index (χ0n) is 24.8. The van der Waals surface area contributed by atoms with Crippen LogP contribution in [0.25, 0.3) is 0 Å². The largest absolute Gasteiger partial charge is 0.469 e. The van der Waals surface area contributed by atoms with Crippen LogP contribution in [0.5, 0.6) is 0 Å². The molecule has 0 spiro atoms. The summed E-state index contributed by atoms with van der Waals surface area (Å²) in [5.41, 5.74) is -0.300. The summed E-state index contributed by atoms with van der Waals surface area (Å²) in [4.78, 5) is 48.5. The summed E-state index contributed by atoms with van der Waals surface area (Å²) in [5, 5.41) is 0. The molecule has 0 radical (unpaired) electrons. The van der Waals surface area contributed by atoms with Crippen molar-refractivity contribution in [2.75, 3.05) is 7.11 Å². The van der Waals surface area contributed by atoms with Crippen molar-refractivity contribution in [1.29, 1.82) is 0 Å². The second-order valence-corrected chi connectivity index (χ2v) is 13.4. The van der Waals surface area contributed by atoms with E-state index in [-0.39, 0.29) is 88.5 Å². The Morgan fingerprint density at radius 2 is 1.51 bits per heavy atom. The minimum atomic E-state index is -0.279. The molecule has 0 aromatic heterocycles. The highest BCUT2D eigenvalue weighted by Crippen LogP contribution is 2.69. The van der Waals surface area contributed by atoms with Crippen molar-refractivity contribution in [2.24, 2.45) is 46.3 Å². The first kappa shape index (κ1) is 29.9. The van der Waals surface area contributed by atoms with Gasteiger partial charge in [-0.25, -0.2) is 0 Å². The molecule has 0 aliphatic heterocycles. The van der Waals surface area contributed by atoms with Crippen LogP contribution in [0, 0.1) is 46.3 Å². The Balaban J connectivity index is 1.70. The highest BCUT2D eigenvalue weighted by atomic mass is 16.6. The lowest BCUT2D eigenvalue weighted by atomic mass is 9.43. The maximum absolute atomic E-state index is 12.5. The van der Waals surface area contributed by atoms with Gasteiger partial charge in [0, 0.05) is 38.5 Å². The fourth-order valence-electron chi connectivity index (χ4n) is 9.77. The SMILES string of the molecule is COC(=O)CCC(C)C1CCC2C3C(C[C@@H](OC(C)=O)C12C)C1(C)CC[C@@H](OC(C)=O)C[C@H]1C[C@@H]3OC(C)=O. The summed E-state index contributed by atoms with van der Waals surface area (Å²) >= 11 is 0. The van der Waals surface area contributed by atoms with Crippen LogP contribution in [0.2, 0.25) is 0 Å². The number of carbonyl (C=O) groups is 4. The maximum Gasteiger partial charge on any atom is 0.305 e. The maximum atomic E-state index is 12.5. The summed E-state index contributed by atoms with van der Waals surface area (Å²) in [6.45, 7) is 11.3. The average Bonchev–Trinajstić information content (AvgIpc) is 3.20. The molecule has 11 atom stereocenters. The quantitative estimate of drug-likeness (QED) is 0.314. The lowest BCUT2D eigenvalue weighted by Gasteiger charge is -2.64. The van der Waals surface area contributed by atoms with E-state index in [2.05, 4.69) is 20.8 Å². The Morgan fingerprint density at radius 3 is 2.13 bits per heavy atom. The lowest BCUT2D eigenvalue weighted by Crippen LogP contribution is -2.63. The predicted molar refractivity (Wildman–Crippen MR) is 143 cm³/mol. The van der Waals surface area contributed by atoms with Crippen LogP contribution < -0.4 is 0 Å². The molecule has 4 fully saturated rings. The number of ether oxygens (including phenoxy) is 4. The van der Waals surface area contributed by atoms with Gasteiger partial charge in [-0.1, -0.05) is 20.8 Å². The van der Waals surface area contributed by atoms with Crippen molar-refractivity contribution in [1.82, 2.24) is 0 Å². The third-order valence-corrected chi connectivity index (χ3v) is 11.4. The van der Waals surface area contributed by atoms with Crippen molar-refractivity contribution in [3.63, 3.8) is 0 Å². The molecule has 4 aliphatic rings. The van der Waals surface area contributed by atoms with Crippen LogP contribution in [0.4, 0.5) is 0 Å². The molecule has 220 valence electrons. The average molecular weight is 549 g/mol. The topological polar surface area (TPSA) is 105 Å². The van der Waals surface area contributed by atoms with Crippen LogP contribution in [0.15, 0.2) is 0 Å². The number of rotatable bonds is 7. The van der Waals surface area contributed by atoms with Gasteiger partial charge in [-0.2, -0.15) is 0 Å². The zero-order valence-corrected chi connectivity index (χ0v) is 24.8. The number of fused-ring (bicyclic) bond motifs is 5. The van der Waals surface area contributed by atoms with E-state index >= 15 is 0 Å². The Bertz CT molecular complexity index is 962. The molecule has 0 aromatic rings. The van der Waals surface area contributed by atoms with E-state index in [1.165, 1.54) is 27.9 Å². The van der Waals surface area contributed by atoms with E-state index in [1.54, 1.807) is 0 Å². The number of hydrogen-bond donors (Lipinski definition) is 0. The standard InChI is InChI=1S/C31H48O8/c1-17(8-11-28(35)36-7)23-9-10-24-29-25(16-27(31(23,24)6)39-20(4)34)30(5)13-12-22(37-18(2)32)14-21(30)15-26(29)38-19(3)33/h17,21-27,29H,8-16H2,1-7H3/t17?,21-,22+,23?,24?,25?,26-,27+,29?,30?,31?/m0/s1. The Hall–Kier alpha value is -2.12. The molecule has 0 saturated heterocycles. The molecular weight excluding hydrogens is 500 g/mol. The fourth-order valence-corrected chi connectivity index (χ4v) is 9.77. The van der Waals surface area contributed by atoms with Gasteiger partial charge in [0.1, 0.15) is 18.3 Å². The molecule has 4 aliphatic carbocycles. The van der Waals surface area contributed by atoms with E-state index in [4.69, 9.17) is 18.9 Å². The monoisotopic (exact) mass is 548 g/mol. The highest BCUT2D eigenvalue weighted by molar-refractivity contribution is 5.69. The third-order valence-electron chi connectivity index (χ3n) is 11.4. The molecule has 0 bridgehead atoms. The first-order valence-electron chi connectivity index (χ1n) is 14.9. The summed E-state index contributed by atoms with van der Waals surface area (Å²) in [7, 11) is 1.42. The van der Waals surface area contributed by atoms with E-state index in [9.17, 15) is 19.2 Å². The summed E-state index contributed by atoms with van der Waals surface area (Å²) in [6.07, 6.45) is 6.53. The van der Waals surface area contributed by atoms with E-state index in [1.807, 2.05) is 0 Å². The number of methoxy groups -OCH3 is 1. The van der Waals surface area contributed by atoms with Crippen molar-refractivity contribution in [3.05, 3.63) is 0 Å². The van der Waals surface area contributed by atoms with Crippen molar-refractivity contribution < 1.29 is 38.1 Å². The van der Waals surface area contributed by atoms with Crippen molar-refractivity contribution in [2.45, 2.75) is 118 Å². The van der Waals surface area contributed by atoms with Gasteiger partial charge in [-0.3, -0.25) is 19.2 Å². The van der Waals surface area contributed by atoms with Gasteiger partial charge in [0.15, 0.2) is 0 Å². The lowest BCUT2D eigenvalue weighted by molar-refractivity contribution is -0.224. The van der Waals surface area contributed by atoms with Gasteiger partial charge in [0.05, 0.1) is 7.11 Å². The molecule has 0 amide bonds. The Morgan fingerprint density at radius 1 is 0.846 bits per heavy atom. The molecule has 4 saturated carbocycles. The van der Waals surface area contributed by atoms with E-state index in [0.717, 1.165) is 51.4 Å². The zero-order chi connectivity index (χ0) is 28.7. The molecule has 39 heavy (non-hydrogen) atoms. The Labute approximate surface area is 233 Å². The minimum Gasteiger partial charge on any atom is -0.469 e. The minimum absolute atomic E-state index is 0.0215. The smallest absolute Gasteiger partial charge is 0.305 e. The van der Waals surface area contributed by atoms with Crippen LogP contribution in [-0.4, -0.2) is 49.3 Å².